The van der Waals surface area contributed by atoms with E-state index in [0.717, 1.165) is 31.5 Å². The fourth-order valence-electron chi connectivity index (χ4n) is 4.72. The monoisotopic (exact) mass is 411 g/mol. The molecule has 0 amide bonds. The molecule has 0 saturated heterocycles. The molecule has 158 valence electrons. The number of benzene rings is 2. The van der Waals surface area contributed by atoms with Gasteiger partial charge in [0.2, 0.25) is 0 Å². The number of aliphatic hydroxyl groups excluding tert-OH is 1. The van der Waals surface area contributed by atoms with Crippen LogP contribution in [0.2, 0.25) is 0 Å². The Balaban J connectivity index is 1.59. The molecule has 0 fully saturated rings. The number of fused-ring (bicyclic) bond motifs is 2. The summed E-state index contributed by atoms with van der Waals surface area (Å²) in [6.07, 6.45) is 11.1. The van der Waals surface area contributed by atoms with Crippen LogP contribution in [-0.4, -0.2) is 40.2 Å². The molecule has 5 rings (SSSR count). The zero-order valence-corrected chi connectivity index (χ0v) is 18.2. The molecule has 2 aromatic carbocycles. The van der Waals surface area contributed by atoms with E-state index in [4.69, 9.17) is 0 Å². The van der Waals surface area contributed by atoms with Crippen LogP contribution in [0.3, 0.4) is 0 Å². The maximum atomic E-state index is 9.74. The van der Waals surface area contributed by atoms with E-state index < -0.39 is 0 Å². The standard InChI is InChI=1S/C27H29N3O/c1-29(2)13-6-14-30-17-25(23-15-19(18-31)11-12-27(23)30)21-9-5-8-20(21)24-16-28-26-10-4-3-7-22(24)26/h3-4,7-12,15-17,28,31H,5-6,13-14,18H2,1-2H3. The van der Waals surface area contributed by atoms with Crippen LogP contribution < -0.4 is 0 Å². The second-order valence-corrected chi connectivity index (χ2v) is 8.62. The highest BCUT2D eigenvalue weighted by Crippen LogP contribution is 2.42. The number of nitrogens with zero attached hydrogens (tertiary/aromatic N) is 2. The first-order valence-electron chi connectivity index (χ1n) is 11.0. The van der Waals surface area contributed by atoms with Crippen LogP contribution in [0.25, 0.3) is 33.0 Å². The third kappa shape index (κ3) is 3.62. The maximum Gasteiger partial charge on any atom is 0.0682 e. The largest absolute Gasteiger partial charge is 0.392 e. The van der Waals surface area contributed by atoms with Gasteiger partial charge in [0.25, 0.3) is 0 Å². The molecule has 0 radical (unpaired) electrons. The van der Waals surface area contributed by atoms with Gasteiger partial charge < -0.3 is 19.6 Å². The lowest BCUT2D eigenvalue weighted by Crippen LogP contribution is -2.14. The highest BCUT2D eigenvalue weighted by Gasteiger charge is 2.21. The topological polar surface area (TPSA) is 44.2 Å². The van der Waals surface area contributed by atoms with E-state index in [1.807, 2.05) is 6.07 Å². The van der Waals surface area contributed by atoms with Gasteiger partial charge in [-0.05, 0) is 68.4 Å². The first kappa shape index (κ1) is 19.9. The Kier molecular flexibility index (Phi) is 5.26. The van der Waals surface area contributed by atoms with Crippen molar-refractivity contribution in [3.8, 4) is 0 Å². The normalized spacial score (nSPS) is 14.1. The molecule has 4 nitrogen and oxygen atoms in total. The Hall–Kier alpha value is -3.08. The van der Waals surface area contributed by atoms with E-state index in [1.165, 1.54) is 44.1 Å². The molecule has 4 heteroatoms. The molecule has 0 atom stereocenters. The van der Waals surface area contributed by atoms with E-state index in [2.05, 4.69) is 89.5 Å². The summed E-state index contributed by atoms with van der Waals surface area (Å²) in [5.74, 6) is 0. The zero-order chi connectivity index (χ0) is 21.4. The summed E-state index contributed by atoms with van der Waals surface area (Å²) in [4.78, 5) is 5.66. The van der Waals surface area contributed by atoms with Gasteiger partial charge in [-0.1, -0.05) is 36.4 Å². The van der Waals surface area contributed by atoms with Crippen LogP contribution in [0.4, 0.5) is 0 Å². The van der Waals surface area contributed by atoms with Crippen molar-refractivity contribution in [1.29, 1.82) is 0 Å². The van der Waals surface area contributed by atoms with Gasteiger partial charge in [-0.2, -0.15) is 0 Å². The summed E-state index contributed by atoms with van der Waals surface area (Å²) in [5.41, 5.74) is 8.44. The van der Waals surface area contributed by atoms with Crippen molar-refractivity contribution >= 4 is 33.0 Å². The fraction of sp³-hybridized carbons (Fsp3) is 0.259. The zero-order valence-electron chi connectivity index (χ0n) is 18.2. The number of para-hydroxylation sites is 1. The third-order valence-electron chi connectivity index (χ3n) is 6.24. The van der Waals surface area contributed by atoms with Crippen LogP contribution in [0.1, 0.15) is 29.5 Å². The molecule has 2 aromatic heterocycles. The van der Waals surface area contributed by atoms with E-state index in [-0.39, 0.29) is 6.61 Å². The quantitative estimate of drug-likeness (QED) is 0.425. The molecule has 2 N–H and O–H groups in total. The Morgan fingerprint density at radius 2 is 1.81 bits per heavy atom. The summed E-state index contributed by atoms with van der Waals surface area (Å²) in [6, 6.07) is 14.8. The highest BCUT2D eigenvalue weighted by molar-refractivity contribution is 6.15. The minimum absolute atomic E-state index is 0.0609. The second kappa shape index (κ2) is 8.22. The van der Waals surface area contributed by atoms with Crippen molar-refractivity contribution in [3.05, 3.63) is 83.7 Å². The second-order valence-electron chi connectivity index (χ2n) is 8.62. The minimum atomic E-state index is 0.0609. The van der Waals surface area contributed by atoms with Crippen LogP contribution in [0.15, 0.2) is 67.0 Å². The lowest BCUT2D eigenvalue weighted by atomic mass is 9.94. The molecular formula is C27H29N3O. The van der Waals surface area contributed by atoms with Crippen molar-refractivity contribution < 1.29 is 5.11 Å². The van der Waals surface area contributed by atoms with Gasteiger partial charge in [0.1, 0.15) is 0 Å². The SMILES string of the molecule is CN(C)CCCn1cc(C2=CCC=C2c2c[nH]c3ccccc23)c2cc(CO)ccc21. The number of hydrogen-bond acceptors (Lipinski definition) is 2. The van der Waals surface area contributed by atoms with Crippen molar-refractivity contribution in [2.75, 3.05) is 20.6 Å². The summed E-state index contributed by atoms with van der Waals surface area (Å²) in [7, 11) is 4.24. The minimum Gasteiger partial charge on any atom is -0.392 e. The van der Waals surface area contributed by atoms with Crippen molar-refractivity contribution in [2.45, 2.75) is 26.0 Å². The first-order chi connectivity index (χ1) is 15.2. The third-order valence-corrected chi connectivity index (χ3v) is 6.24. The van der Waals surface area contributed by atoms with E-state index >= 15 is 0 Å². The number of aliphatic hydroxyl groups is 1. The number of nitrogens with one attached hydrogen (secondary N) is 1. The average Bonchev–Trinajstić information content (AvgIpc) is 3.49. The van der Waals surface area contributed by atoms with Gasteiger partial charge >= 0.3 is 0 Å². The number of H-pyrrole nitrogens is 1. The van der Waals surface area contributed by atoms with E-state index in [9.17, 15) is 5.11 Å². The van der Waals surface area contributed by atoms with Crippen LogP contribution in [0, 0.1) is 0 Å². The maximum absolute atomic E-state index is 9.74. The van der Waals surface area contributed by atoms with Gasteiger partial charge in [0.05, 0.1) is 6.61 Å². The number of aromatic amines is 1. The van der Waals surface area contributed by atoms with Crippen molar-refractivity contribution in [3.63, 3.8) is 0 Å². The first-order valence-corrected chi connectivity index (χ1v) is 11.0. The number of rotatable bonds is 7. The van der Waals surface area contributed by atoms with Gasteiger partial charge in [-0.15, -0.1) is 0 Å². The average molecular weight is 412 g/mol. The molecular weight excluding hydrogens is 382 g/mol. The van der Waals surface area contributed by atoms with Crippen LogP contribution in [0.5, 0.6) is 0 Å². The Bertz CT molecular complexity index is 1300. The number of aromatic nitrogens is 2. The van der Waals surface area contributed by atoms with E-state index in [1.54, 1.807) is 0 Å². The molecule has 2 heterocycles. The Morgan fingerprint density at radius 1 is 1.00 bits per heavy atom. The highest BCUT2D eigenvalue weighted by atomic mass is 16.3. The predicted molar refractivity (Wildman–Crippen MR) is 130 cm³/mol. The lowest BCUT2D eigenvalue weighted by molar-refractivity contribution is 0.282. The molecule has 0 unspecified atom stereocenters. The smallest absolute Gasteiger partial charge is 0.0682 e. The number of aryl methyl sites for hydroxylation is 1. The molecule has 31 heavy (non-hydrogen) atoms. The van der Waals surface area contributed by atoms with Gasteiger partial charge in [0, 0.05) is 51.9 Å². The van der Waals surface area contributed by atoms with Crippen LogP contribution >= 0.6 is 0 Å². The Morgan fingerprint density at radius 3 is 2.61 bits per heavy atom. The number of allylic oxidation sites excluding steroid dienone is 4. The Labute approximate surface area is 183 Å². The molecule has 1 aliphatic carbocycles. The van der Waals surface area contributed by atoms with Gasteiger partial charge in [0.15, 0.2) is 0 Å². The molecule has 0 aliphatic heterocycles. The lowest BCUT2D eigenvalue weighted by Gasteiger charge is -2.10. The summed E-state index contributed by atoms with van der Waals surface area (Å²) in [6.45, 7) is 2.10. The molecule has 1 aliphatic rings. The van der Waals surface area contributed by atoms with Crippen molar-refractivity contribution in [2.24, 2.45) is 0 Å². The van der Waals surface area contributed by atoms with Gasteiger partial charge in [-0.3, -0.25) is 0 Å². The van der Waals surface area contributed by atoms with Crippen molar-refractivity contribution in [1.82, 2.24) is 14.5 Å². The van der Waals surface area contributed by atoms with Crippen LogP contribution in [-0.2, 0) is 13.2 Å². The number of hydrogen-bond donors (Lipinski definition) is 2. The molecule has 0 bridgehead atoms. The summed E-state index contributed by atoms with van der Waals surface area (Å²) < 4.78 is 2.38. The summed E-state index contributed by atoms with van der Waals surface area (Å²) >= 11 is 0. The molecule has 4 aromatic rings. The van der Waals surface area contributed by atoms with Gasteiger partial charge in [-0.25, -0.2) is 0 Å². The predicted octanol–water partition coefficient (Wildman–Crippen LogP) is 5.44. The molecule has 0 spiro atoms. The molecule has 0 saturated carbocycles. The summed E-state index contributed by atoms with van der Waals surface area (Å²) in [5, 5.41) is 12.2. The fourth-order valence-corrected chi connectivity index (χ4v) is 4.72. The van der Waals surface area contributed by atoms with E-state index in [0.29, 0.717) is 0 Å².